The summed E-state index contributed by atoms with van der Waals surface area (Å²) in [6.07, 6.45) is 4.07. The first-order chi connectivity index (χ1) is 9.13. The predicted molar refractivity (Wildman–Crippen MR) is 70.6 cm³/mol. The monoisotopic (exact) mass is 285 g/mol. The van der Waals surface area contributed by atoms with E-state index in [1.54, 1.807) is 0 Å². The van der Waals surface area contributed by atoms with E-state index in [4.69, 9.17) is 4.74 Å². The van der Waals surface area contributed by atoms with Crippen LogP contribution in [0.1, 0.15) is 32.6 Å². The molecule has 0 amide bonds. The molecule has 1 aromatic heterocycles. The van der Waals surface area contributed by atoms with Crippen molar-refractivity contribution in [1.29, 1.82) is 0 Å². The number of aliphatic hydroxyl groups is 1. The number of aromatic amines is 1. The minimum Gasteiger partial charge on any atom is -0.466 e. The van der Waals surface area contributed by atoms with Crippen LogP contribution >= 0.6 is 11.8 Å². The first kappa shape index (κ1) is 14.3. The van der Waals surface area contributed by atoms with E-state index in [0.717, 1.165) is 0 Å². The molecule has 19 heavy (non-hydrogen) atoms. The lowest BCUT2D eigenvalue weighted by molar-refractivity contribution is -0.150. The zero-order valence-electron chi connectivity index (χ0n) is 11.0. The van der Waals surface area contributed by atoms with Crippen LogP contribution in [0.4, 0.5) is 0 Å². The van der Waals surface area contributed by atoms with Crippen molar-refractivity contribution in [3.8, 4) is 0 Å². The largest absolute Gasteiger partial charge is 0.466 e. The molecule has 1 aliphatic carbocycles. The van der Waals surface area contributed by atoms with Crippen LogP contribution in [-0.2, 0) is 9.53 Å². The van der Waals surface area contributed by atoms with Gasteiger partial charge in [0.05, 0.1) is 18.1 Å². The Kier molecular flexibility index (Phi) is 4.81. The van der Waals surface area contributed by atoms with Gasteiger partial charge in [0.15, 0.2) is 5.16 Å². The molecule has 0 saturated heterocycles. The van der Waals surface area contributed by atoms with Crippen LogP contribution in [0.2, 0.25) is 0 Å². The van der Waals surface area contributed by atoms with Gasteiger partial charge < -0.3 is 9.84 Å². The van der Waals surface area contributed by atoms with Gasteiger partial charge in [-0.05, 0) is 32.6 Å². The molecule has 7 heteroatoms. The molecule has 1 fully saturated rings. The van der Waals surface area contributed by atoms with Gasteiger partial charge in [-0.15, -0.1) is 0 Å². The van der Waals surface area contributed by atoms with E-state index in [2.05, 4.69) is 15.2 Å². The number of rotatable bonds is 5. The van der Waals surface area contributed by atoms with Crippen molar-refractivity contribution in [3.63, 3.8) is 0 Å². The van der Waals surface area contributed by atoms with Crippen molar-refractivity contribution < 1.29 is 14.6 Å². The minimum absolute atomic E-state index is 0.0597. The number of ether oxygens (including phenoxy) is 1. The van der Waals surface area contributed by atoms with Crippen molar-refractivity contribution in [2.45, 2.75) is 43.4 Å². The molecule has 0 aromatic carbocycles. The van der Waals surface area contributed by atoms with Crippen molar-refractivity contribution in [3.05, 3.63) is 6.33 Å². The van der Waals surface area contributed by atoms with E-state index in [9.17, 15) is 9.90 Å². The second kappa shape index (κ2) is 6.38. The van der Waals surface area contributed by atoms with E-state index >= 15 is 0 Å². The Labute approximate surface area is 116 Å². The number of carbonyl (C=O) groups excluding carboxylic acids is 1. The van der Waals surface area contributed by atoms with E-state index < -0.39 is 5.60 Å². The molecule has 1 saturated carbocycles. The first-order valence-electron chi connectivity index (χ1n) is 6.50. The highest BCUT2D eigenvalue weighted by Gasteiger charge is 2.36. The number of thioether (sulfide) groups is 1. The van der Waals surface area contributed by atoms with Gasteiger partial charge in [0.25, 0.3) is 0 Å². The SMILES string of the molecule is CCOC(=O)C1CCC(O)(CSc2ncn[nH]2)CC1. The third-order valence-electron chi connectivity index (χ3n) is 3.41. The molecular formula is C12H19N3O3S. The summed E-state index contributed by atoms with van der Waals surface area (Å²) in [6, 6.07) is 0. The number of hydrogen-bond acceptors (Lipinski definition) is 6. The fourth-order valence-corrected chi connectivity index (χ4v) is 3.19. The molecule has 0 radical (unpaired) electrons. The molecule has 2 rings (SSSR count). The van der Waals surface area contributed by atoms with Crippen LogP contribution in [0.3, 0.4) is 0 Å². The van der Waals surface area contributed by atoms with E-state index in [1.807, 2.05) is 6.92 Å². The van der Waals surface area contributed by atoms with Crippen LogP contribution in [0.5, 0.6) is 0 Å². The van der Waals surface area contributed by atoms with Crippen LogP contribution < -0.4 is 0 Å². The Hall–Kier alpha value is -1.08. The predicted octanol–water partition coefficient (Wildman–Crippen LogP) is 1.38. The lowest BCUT2D eigenvalue weighted by Crippen LogP contribution is -2.38. The number of aromatic nitrogens is 3. The summed E-state index contributed by atoms with van der Waals surface area (Å²) in [5, 5.41) is 17.7. The maximum atomic E-state index is 11.6. The summed E-state index contributed by atoms with van der Waals surface area (Å²) < 4.78 is 5.02. The molecule has 1 aliphatic rings. The van der Waals surface area contributed by atoms with Gasteiger partial charge in [-0.3, -0.25) is 9.89 Å². The Bertz CT molecular complexity index is 402. The molecule has 1 aromatic rings. The lowest BCUT2D eigenvalue weighted by Gasteiger charge is -2.34. The van der Waals surface area contributed by atoms with E-state index in [1.165, 1.54) is 18.1 Å². The summed E-state index contributed by atoms with van der Waals surface area (Å²) in [4.78, 5) is 15.6. The summed E-state index contributed by atoms with van der Waals surface area (Å²) in [5.41, 5.74) is -0.722. The molecule has 1 heterocycles. The third-order valence-corrected chi connectivity index (χ3v) is 4.56. The topological polar surface area (TPSA) is 88.1 Å². The highest BCUT2D eigenvalue weighted by Crippen LogP contribution is 2.35. The van der Waals surface area contributed by atoms with Crippen LogP contribution in [0.15, 0.2) is 11.5 Å². The average Bonchev–Trinajstić information content (AvgIpc) is 2.91. The molecule has 0 atom stereocenters. The first-order valence-corrected chi connectivity index (χ1v) is 7.49. The van der Waals surface area contributed by atoms with Gasteiger partial charge in [0, 0.05) is 5.75 Å². The van der Waals surface area contributed by atoms with E-state index in [0.29, 0.717) is 43.2 Å². The van der Waals surface area contributed by atoms with Gasteiger partial charge in [-0.2, -0.15) is 5.10 Å². The second-order valence-corrected chi connectivity index (χ2v) is 5.79. The molecule has 106 valence electrons. The molecular weight excluding hydrogens is 266 g/mol. The Balaban J connectivity index is 1.79. The summed E-state index contributed by atoms with van der Waals surface area (Å²) >= 11 is 1.46. The zero-order valence-corrected chi connectivity index (χ0v) is 11.8. The van der Waals surface area contributed by atoms with Gasteiger partial charge in [-0.1, -0.05) is 11.8 Å². The summed E-state index contributed by atoms with van der Waals surface area (Å²) in [5.74, 6) is 0.375. The molecule has 0 unspecified atom stereocenters. The van der Waals surface area contributed by atoms with E-state index in [-0.39, 0.29) is 11.9 Å². The van der Waals surface area contributed by atoms with Crippen molar-refractivity contribution in [2.24, 2.45) is 5.92 Å². The van der Waals surface area contributed by atoms with Crippen LogP contribution in [0, 0.1) is 5.92 Å². The summed E-state index contributed by atoms with van der Waals surface area (Å²) in [6.45, 7) is 2.23. The maximum Gasteiger partial charge on any atom is 0.308 e. The highest BCUT2D eigenvalue weighted by molar-refractivity contribution is 7.99. The number of H-pyrrole nitrogens is 1. The number of nitrogens with one attached hydrogen (secondary N) is 1. The van der Waals surface area contributed by atoms with Gasteiger partial charge in [-0.25, -0.2) is 4.98 Å². The number of hydrogen-bond donors (Lipinski definition) is 2. The van der Waals surface area contributed by atoms with Crippen LogP contribution in [0.25, 0.3) is 0 Å². The fraction of sp³-hybridized carbons (Fsp3) is 0.750. The Morgan fingerprint density at radius 3 is 2.95 bits per heavy atom. The van der Waals surface area contributed by atoms with Gasteiger partial charge >= 0.3 is 5.97 Å². The summed E-state index contributed by atoms with van der Waals surface area (Å²) in [7, 11) is 0. The van der Waals surface area contributed by atoms with Crippen molar-refractivity contribution >= 4 is 17.7 Å². The minimum atomic E-state index is -0.722. The van der Waals surface area contributed by atoms with Crippen LogP contribution in [-0.4, -0.2) is 44.2 Å². The standard InChI is InChI=1S/C12H19N3O3S/c1-2-18-10(16)9-3-5-12(17,6-4-9)7-19-11-13-8-14-15-11/h8-9,17H,2-7H2,1H3,(H,13,14,15). The number of carbonyl (C=O) groups is 1. The van der Waals surface area contributed by atoms with Crippen molar-refractivity contribution in [1.82, 2.24) is 15.2 Å². The average molecular weight is 285 g/mol. The molecule has 6 nitrogen and oxygen atoms in total. The smallest absolute Gasteiger partial charge is 0.308 e. The zero-order chi connectivity index (χ0) is 13.7. The highest BCUT2D eigenvalue weighted by atomic mass is 32.2. The quantitative estimate of drug-likeness (QED) is 0.627. The maximum absolute atomic E-state index is 11.6. The lowest BCUT2D eigenvalue weighted by atomic mass is 9.80. The van der Waals surface area contributed by atoms with Gasteiger partial charge in [0.2, 0.25) is 0 Å². The molecule has 0 aliphatic heterocycles. The third kappa shape index (κ3) is 3.94. The Morgan fingerprint density at radius 1 is 1.63 bits per heavy atom. The second-order valence-electron chi connectivity index (χ2n) is 4.83. The normalized spacial score (nSPS) is 27.2. The Morgan fingerprint density at radius 2 is 2.37 bits per heavy atom. The number of esters is 1. The van der Waals surface area contributed by atoms with Crippen molar-refractivity contribution in [2.75, 3.05) is 12.4 Å². The fourth-order valence-electron chi connectivity index (χ4n) is 2.26. The van der Waals surface area contributed by atoms with Gasteiger partial charge in [0.1, 0.15) is 6.33 Å². The molecule has 0 spiro atoms. The molecule has 0 bridgehead atoms. The number of nitrogens with zero attached hydrogens (tertiary/aromatic N) is 2. The molecule has 2 N–H and O–H groups in total.